The zero-order valence-electron chi connectivity index (χ0n) is 11.3. The van der Waals surface area contributed by atoms with Crippen molar-refractivity contribution in [2.75, 3.05) is 5.32 Å². The van der Waals surface area contributed by atoms with Gasteiger partial charge >= 0.3 is 0 Å². The van der Waals surface area contributed by atoms with E-state index in [2.05, 4.69) is 20.3 Å². The number of aliphatic imine (C=N–C) groups is 1. The average Bonchev–Trinajstić information content (AvgIpc) is 2.92. The number of H-pyrrole nitrogens is 1. The molecule has 0 aliphatic carbocycles. The fourth-order valence-corrected chi connectivity index (χ4v) is 2.45. The van der Waals surface area contributed by atoms with Gasteiger partial charge in [0.15, 0.2) is 6.29 Å². The molecule has 20 heavy (non-hydrogen) atoms. The summed E-state index contributed by atoms with van der Waals surface area (Å²) < 4.78 is 1.67. The molecule has 0 aromatic carbocycles. The molecule has 7 heteroatoms. The zero-order valence-corrected chi connectivity index (χ0v) is 11.3. The van der Waals surface area contributed by atoms with Crippen LogP contribution < -0.4 is 16.6 Å². The predicted octanol–water partition coefficient (Wildman–Crippen LogP) is 0.735. The molecule has 2 aromatic heterocycles. The van der Waals surface area contributed by atoms with Crippen molar-refractivity contribution in [1.82, 2.24) is 14.5 Å². The molecule has 0 spiro atoms. The zero-order chi connectivity index (χ0) is 14.3. The van der Waals surface area contributed by atoms with Gasteiger partial charge in [-0.3, -0.25) is 20.1 Å². The SMILES string of the molecule is CCn1c2c(cc(-c3cnc[nH]3)c1=O)C(C)=NC(N)N2. The molecule has 1 aliphatic heterocycles. The van der Waals surface area contributed by atoms with E-state index in [1.807, 2.05) is 19.9 Å². The second-order valence-corrected chi connectivity index (χ2v) is 4.64. The lowest BCUT2D eigenvalue weighted by atomic mass is 10.1. The van der Waals surface area contributed by atoms with E-state index in [1.165, 1.54) is 0 Å². The third-order valence-electron chi connectivity index (χ3n) is 3.40. The van der Waals surface area contributed by atoms with E-state index in [4.69, 9.17) is 5.73 Å². The van der Waals surface area contributed by atoms with E-state index in [1.54, 1.807) is 17.1 Å². The summed E-state index contributed by atoms with van der Waals surface area (Å²) in [5.74, 6) is 0.723. The number of nitrogens with one attached hydrogen (secondary N) is 2. The van der Waals surface area contributed by atoms with Gasteiger partial charge in [0.05, 0.1) is 23.8 Å². The number of aromatic amines is 1. The summed E-state index contributed by atoms with van der Waals surface area (Å²) in [7, 11) is 0. The molecule has 104 valence electrons. The first-order valence-electron chi connectivity index (χ1n) is 6.45. The average molecular weight is 272 g/mol. The van der Waals surface area contributed by atoms with Gasteiger partial charge in [-0.15, -0.1) is 0 Å². The van der Waals surface area contributed by atoms with E-state index in [-0.39, 0.29) is 5.56 Å². The van der Waals surface area contributed by atoms with Crippen LogP contribution in [-0.2, 0) is 6.54 Å². The molecule has 1 atom stereocenters. The summed E-state index contributed by atoms with van der Waals surface area (Å²) in [6.07, 6.45) is 2.68. The number of fused-ring (bicyclic) bond motifs is 1. The Morgan fingerprint density at radius 2 is 2.25 bits per heavy atom. The summed E-state index contributed by atoms with van der Waals surface area (Å²) in [5, 5.41) is 3.05. The molecule has 0 saturated carbocycles. The quantitative estimate of drug-likeness (QED) is 0.750. The second kappa shape index (κ2) is 4.61. The number of hydrogen-bond acceptors (Lipinski definition) is 5. The van der Waals surface area contributed by atoms with Crippen molar-refractivity contribution in [2.24, 2.45) is 10.7 Å². The molecule has 1 aliphatic rings. The van der Waals surface area contributed by atoms with Gasteiger partial charge in [-0.1, -0.05) is 0 Å². The minimum atomic E-state index is -0.516. The number of imidazole rings is 1. The number of nitrogens with two attached hydrogens (primary N) is 1. The van der Waals surface area contributed by atoms with Crippen LogP contribution in [0.25, 0.3) is 11.3 Å². The molecule has 3 rings (SSSR count). The van der Waals surface area contributed by atoms with Crippen molar-refractivity contribution >= 4 is 11.5 Å². The number of nitrogens with zero attached hydrogens (tertiary/aromatic N) is 3. The third kappa shape index (κ3) is 1.83. The van der Waals surface area contributed by atoms with Crippen molar-refractivity contribution < 1.29 is 0 Å². The summed E-state index contributed by atoms with van der Waals surface area (Å²) >= 11 is 0. The van der Waals surface area contributed by atoms with Crippen LogP contribution in [0.1, 0.15) is 19.4 Å². The maximum absolute atomic E-state index is 12.6. The van der Waals surface area contributed by atoms with Gasteiger partial charge in [-0.05, 0) is 19.9 Å². The summed E-state index contributed by atoms with van der Waals surface area (Å²) in [4.78, 5) is 23.8. The number of aromatic nitrogens is 3. The molecular weight excluding hydrogens is 256 g/mol. The molecule has 4 N–H and O–H groups in total. The Morgan fingerprint density at radius 3 is 2.90 bits per heavy atom. The van der Waals surface area contributed by atoms with Gasteiger partial charge in [0.25, 0.3) is 5.56 Å². The molecule has 0 saturated heterocycles. The fourth-order valence-electron chi connectivity index (χ4n) is 2.45. The van der Waals surface area contributed by atoms with E-state index in [0.717, 1.165) is 17.1 Å². The van der Waals surface area contributed by atoms with Crippen LogP contribution >= 0.6 is 0 Å². The number of rotatable bonds is 2. The maximum atomic E-state index is 12.6. The molecule has 7 nitrogen and oxygen atoms in total. The van der Waals surface area contributed by atoms with Crippen LogP contribution in [-0.4, -0.2) is 26.5 Å². The van der Waals surface area contributed by atoms with Crippen molar-refractivity contribution in [2.45, 2.75) is 26.7 Å². The van der Waals surface area contributed by atoms with Crippen molar-refractivity contribution in [1.29, 1.82) is 0 Å². The Kier molecular flexibility index (Phi) is 2.90. The molecule has 1 unspecified atom stereocenters. The highest BCUT2D eigenvalue weighted by Crippen LogP contribution is 2.24. The van der Waals surface area contributed by atoms with E-state index in [9.17, 15) is 4.79 Å². The van der Waals surface area contributed by atoms with Crippen LogP contribution in [0.5, 0.6) is 0 Å². The van der Waals surface area contributed by atoms with Gasteiger partial charge in [0.1, 0.15) is 5.82 Å². The van der Waals surface area contributed by atoms with Gasteiger partial charge in [-0.25, -0.2) is 4.98 Å². The monoisotopic (exact) mass is 272 g/mol. The van der Waals surface area contributed by atoms with Crippen LogP contribution in [0, 0.1) is 0 Å². The first-order valence-corrected chi connectivity index (χ1v) is 6.45. The Morgan fingerprint density at radius 1 is 1.45 bits per heavy atom. The first kappa shape index (κ1) is 12.6. The largest absolute Gasteiger partial charge is 0.344 e. The normalized spacial score (nSPS) is 17.4. The van der Waals surface area contributed by atoms with Gasteiger partial charge < -0.3 is 10.3 Å². The molecule has 0 amide bonds. The molecular formula is C13H16N6O. The lowest BCUT2D eigenvalue weighted by Crippen LogP contribution is -2.37. The summed E-state index contributed by atoms with van der Waals surface area (Å²) in [6, 6.07) is 1.83. The van der Waals surface area contributed by atoms with Crippen LogP contribution in [0.2, 0.25) is 0 Å². The Bertz CT molecular complexity index is 728. The maximum Gasteiger partial charge on any atom is 0.261 e. The highest BCUT2D eigenvalue weighted by Gasteiger charge is 2.22. The summed E-state index contributed by atoms with van der Waals surface area (Å²) in [5.41, 5.74) is 8.71. The molecule has 0 fully saturated rings. The third-order valence-corrected chi connectivity index (χ3v) is 3.40. The second-order valence-electron chi connectivity index (χ2n) is 4.64. The number of hydrogen-bond donors (Lipinski definition) is 3. The lowest BCUT2D eigenvalue weighted by molar-refractivity contribution is 0.699. The fraction of sp³-hybridized carbons (Fsp3) is 0.308. The van der Waals surface area contributed by atoms with Crippen molar-refractivity contribution in [3.63, 3.8) is 0 Å². The van der Waals surface area contributed by atoms with E-state index in [0.29, 0.717) is 17.8 Å². The standard InChI is InChI=1S/C13H16N6O/c1-3-19-11-8(7(2)17-13(14)18-11)4-9(12(19)20)10-5-15-6-16-10/h4-6,13,18H,3,14H2,1-2H3,(H,15,16). The van der Waals surface area contributed by atoms with Gasteiger partial charge in [0, 0.05) is 17.8 Å². The summed E-state index contributed by atoms with van der Waals surface area (Å²) in [6.45, 7) is 4.36. The van der Waals surface area contributed by atoms with Crippen molar-refractivity contribution in [3.05, 3.63) is 34.5 Å². The van der Waals surface area contributed by atoms with Gasteiger partial charge in [-0.2, -0.15) is 0 Å². The Hall–Kier alpha value is -2.41. The molecule has 3 heterocycles. The van der Waals surface area contributed by atoms with E-state index >= 15 is 0 Å². The lowest BCUT2D eigenvalue weighted by Gasteiger charge is -2.25. The highest BCUT2D eigenvalue weighted by atomic mass is 16.1. The Balaban J connectivity index is 2.31. The molecule has 0 radical (unpaired) electrons. The smallest absolute Gasteiger partial charge is 0.261 e. The van der Waals surface area contributed by atoms with E-state index < -0.39 is 6.29 Å². The minimum absolute atomic E-state index is 0.0788. The minimum Gasteiger partial charge on any atom is -0.344 e. The van der Waals surface area contributed by atoms with Gasteiger partial charge in [0.2, 0.25) is 0 Å². The molecule has 2 aromatic rings. The van der Waals surface area contributed by atoms with Crippen LogP contribution in [0.15, 0.2) is 28.4 Å². The molecule has 0 bridgehead atoms. The first-order chi connectivity index (χ1) is 9.61. The Labute approximate surface area is 115 Å². The number of anilines is 1. The highest BCUT2D eigenvalue weighted by molar-refractivity contribution is 6.05. The number of pyridine rings is 1. The van der Waals surface area contributed by atoms with Crippen molar-refractivity contribution in [3.8, 4) is 11.3 Å². The van der Waals surface area contributed by atoms with Crippen LogP contribution in [0.3, 0.4) is 0 Å². The topological polar surface area (TPSA) is 101 Å². The van der Waals surface area contributed by atoms with Crippen LogP contribution in [0.4, 0.5) is 5.82 Å². The predicted molar refractivity (Wildman–Crippen MR) is 77.8 cm³/mol.